The van der Waals surface area contributed by atoms with Crippen molar-refractivity contribution < 1.29 is 0 Å². The van der Waals surface area contributed by atoms with Crippen molar-refractivity contribution >= 4 is 11.2 Å². The molecule has 0 N–H and O–H groups in total. The molecule has 2 rings (SSSR count). The van der Waals surface area contributed by atoms with Crippen molar-refractivity contribution in [1.82, 2.24) is 19.9 Å². The summed E-state index contributed by atoms with van der Waals surface area (Å²) in [7, 11) is 0. The van der Waals surface area contributed by atoms with Gasteiger partial charge in [0, 0.05) is 17.8 Å². The van der Waals surface area contributed by atoms with Crippen molar-refractivity contribution in [3.63, 3.8) is 0 Å². The topological polar surface area (TPSA) is 51.6 Å². The lowest BCUT2D eigenvalue weighted by Gasteiger charge is -2.18. The zero-order valence-electron chi connectivity index (χ0n) is 11.0. The van der Waals surface area contributed by atoms with Crippen LogP contribution in [-0.4, -0.2) is 19.9 Å². The molecule has 17 heavy (non-hydrogen) atoms. The van der Waals surface area contributed by atoms with E-state index in [1.165, 1.54) is 0 Å². The van der Waals surface area contributed by atoms with Gasteiger partial charge in [0.15, 0.2) is 5.65 Å². The first-order chi connectivity index (χ1) is 7.89. The Hall–Kier alpha value is -1.58. The summed E-state index contributed by atoms with van der Waals surface area (Å²) in [6.07, 6.45) is 3.36. The largest absolute Gasteiger partial charge is 0.249 e. The zero-order valence-corrected chi connectivity index (χ0v) is 11.0. The van der Waals surface area contributed by atoms with Crippen molar-refractivity contribution in [2.75, 3.05) is 0 Å². The van der Waals surface area contributed by atoms with Gasteiger partial charge in [0.1, 0.15) is 11.3 Å². The molecule has 2 aromatic rings. The number of fused-ring (bicyclic) bond motifs is 1. The Labute approximate surface area is 102 Å². The Kier molecular flexibility index (Phi) is 2.81. The van der Waals surface area contributed by atoms with E-state index in [0.29, 0.717) is 11.6 Å². The molecular weight excluding hydrogens is 212 g/mol. The van der Waals surface area contributed by atoms with E-state index in [1.54, 1.807) is 12.4 Å². The fraction of sp³-hybridized carbons (Fsp3) is 0.538. The van der Waals surface area contributed by atoms with Crippen LogP contribution >= 0.6 is 0 Å². The molecular formula is C13H18N4. The number of rotatable bonds is 1. The molecule has 0 saturated carbocycles. The van der Waals surface area contributed by atoms with E-state index in [4.69, 9.17) is 0 Å². The van der Waals surface area contributed by atoms with Crippen LogP contribution in [0.4, 0.5) is 0 Å². The molecule has 0 bridgehead atoms. The van der Waals surface area contributed by atoms with Gasteiger partial charge in [-0.1, -0.05) is 34.6 Å². The van der Waals surface area contributed by atoms with Crippen LogP contribution in [0.3, 0.4) is 0 Å². The maximum atomic E-state index is 4.66. The fourth-order valence-corrected chi connectivity index (χ4v) is 1.62. The monoisotopic (exact) mass is 230 g/mol. The van der Waals surface area contributed by atoms with Gasteiger partial charge in [-0.25, -0.2) is 19.9 Å². The van der Waals surface area contributed by atoms with E-state index >= 15 is 0 Å². The van der Waals surface area contributed by atoms with Crippen molar-refractivity contribution in [3.8, 4) is 0 Å². The van der Waals surface area contributed by atoms with E-state index in [9.17, 15) is 0 Å². The van der Waals surface area contributed by atoms with Gasteiger partial charge in [-0.2, -0.15) is 0 Å². The molecule has 90 valence electrons. The minimum absolute atomic E-state index is 0.0741. The predicted molar refractivity (Wildman–Crippen MR) is 67.9 cm³/mol. The summed E-state index contributed by atoms with van der Waals surface area (Å²) in [5, 5.41) is 0. The molecule has 0 saturated heterocycles. The van der Waals surface area contributed by atoms with Gasteiger partial charge in [0.2, 0.25) is 0 Å². The average molecular weight is 230 g/mol. The highest BCUT2D eigenvalue weighted by Crippen LogP contribution is 2.24. The molecule has 0 fully saturated rings. The molecule has 0 spiro atoms. The third-order valence-corrected chi connectivity index (χ3v) is 2.58. The molecule has 0 aliphatic carbocycles. The summed E-state index contributed by atoms with van der Waals surface area (Å²) in [5.74, 6) is 1.15. The Balaban J connectivity index is 2.76. The molecule has 4 heteroatoms. The van der Waals surface area contributed by atoms with Gasteiger partial charge in [-0.3, -0.25) is 0 Å². The van der Waals surface area contributed by atoms with Gasteiger partial charge < -0.3 is 0 Å². The number of aromatic nitrogens is 4. The lowest BCUT2D eigenvalue weighted by Crippen LogP contribution is -2.18. The Morgan fingerprint density at radius 3 is 2.24 bits per heavy atom. The molecule has 2 aromatic heterocycles. The van der Waals surface area contributed by atoms with E-state index in [2.05, 4.69) is 54.6 Å². The Bertz CT molecular complexity index is 541. The van der Waals surface area contributed by atoms with Gasteiger partial charge in [0.25, 0.3) is 0 Å². The SMILES string of the molecule is CC(C)c1nc(C(C)(C)C)nc2nccnc12. The van der Waals surface area contributed by atoms with E-state index in [-0.39, 0.29) is 5.41 Å². The molecule has 0 amide bonds. The third kappa shape index (κ3) is 2.25. The van der Waals surface area contributed by atoms with E-state index in [1.807, 2.05) is 0 Å². The van der Waals surface area contributed by atoms with Gasteiger partial charge in [-0.15, -0.1) is 0 Å². The van der Waals surface area contributed by atoms with E-state index < -0.39 is 0 Å². The maximum absolute atomic E-state index is 4.66. The standard InChI is InChI=1S/C13H18N4/c1-8(2)9-10-11(15-7-6-14-10)17-12(16-9)13(3,4)5/h6-8H,1-5H3. The average Bonchev–Trinajstić information content (AvgIpc) is 2.26. The first kappa shape index (κ1) is 11.9. The van der Waals surface area contributed by atoms with Crippen molar-refractivity contribution in [2.24, 2.45) is 0 Å². The van der Waals surface area contributed by atoms with Crippen LogP contribution in [0.2, 0.25) is 0 Å². The van der Waals surface area contributed by atoms with Crippen LogP contribution in [0.1, 0.15) is 52.1 Å². The van der Waals surface area contributed by atoms with Gasteiger partial charge in [0.05, 0.1) is 5.69 Å². The second-order valence-electron chi connectivity index (χ2n) is 5.57. The molecule has 4 nitrogen and oxygen atoms in total. The smallest absolute Gasteiger partial charge is 0.181 e. The number of hydrogen-bond donors (Lipinski definition) is 0. The first-order valence-corrected chi connectivity index (χ1v) is 5.88. The molecule has 0 aliphatic rings. The summed E-state index contributed by atoms with van der Waals surface area (Å²) < 4.78 is 0. The normalized spacial score (nSPS) is 12.4. The minimum atomic E-state index is -0.0741. The molecule has 0 atom stereocenters. The Morgan fingerprint density at radius 1 is 1.00 bits per heavy atom. The Morgan fingerprint density at radius 2 is 1.65 bits per heavy atom. The van der Waals surface area contributed by atoms with Crippen LogP contribution in [0.5, 0.6) is 0 Å². The van der Waals surface area contributed by atoms with Crippen LogP contribution in [-0.2, 0) is 5.41 Å². The predicted octanol–water partition coefficient (Wildman–Crippen LogP) is 2.84. The molecule has 0 unspecified atom stereocenters. The highest BCUT2D eigenvalue weighted by Gasteiger charge is 2.21. The van der Waals surface area contributed by atoms with Crippen LogP contribution in [0.25, 0.3) is 11.2 Å². The van der Waals surface area contributed by atoms with Gasteiger partial charge in [-0.05, 0) is 5.92 Å². The fourth-order valence-electron chi connectivity index (χ4n) is 1.62. The van der Waals surface area contributed by atoms with Gasteiger partial charge >= 0.3 is 0 Å². The first-order valence-electron chi connectivity index (χ1n) is 5.88. The second-order valence-corrected chi connectivity index (χ2v) is 5.57. The second kappa shape index (κ2) is 4.02. The lowest BCUT2D eigenvalue weighted by atomic mass is 9.95. The number of hydrogen-bond acceptors (Lipinski definition) is 4. The van der Waals surface area contributed by atoms with E-state index in [0.717, 1.165) is 17.0 Å². The van der Waals surface area contributed by atoms with Crippen LogP contribution in [0, 0.1) is 0 Å². The zero-order chi connectivity index (χ0) is 12.6. The summed E-state index contributed by atoms with van der Waals surface area (Å²) in [5.41, 5.74) is 2.41. The summed E-state index contributed by atoms with van der Waals surface area (Å²) in [4.78, 5) is 17.8. The summed E-state index contributed by atoms with van der Waals surface area (Å²) in [6.45, 7) is 10.5. The highest BCUT2D eigenvalue weighted by molar-refractivity contribution is 5.72. The lowest BCUT2D eigenvalue weighted by molar-refractivity contribution is 0.542. The maximum Gasteiger partial charge on any atom is 0.181 e. The number of nitrogens with zero attached hydrogens (tertiary/aromatic N) is 4. The summed E-state index contributed by atoms with van der Waals surface area (Å²) >= 11 is 0. The third-order valence-electron chi connectivity index (χ3n) is 2.58. The summed E-state index contributed by atoms with van der Waals surface area (Å²) in [6, 6.07) is 0. The van der Waals surface area contributed by atoms with Crippen LogP contribution < -0.4 is 0 Å². The molecule has 0 aromatic carbocycles. The highest BCUT2D eigenvalue weighted by atomic mass is 15.0. The molecule has 0 aliphatic heterocycles. The quantitative estimate of drug-likeness (QED) is 0.756. The van der Waals surface area contributed by atoms with Crippen molar-refractivity contribution in [3.05, 3.63) is 23.9 Å². The molecule has 2 heterocycles. The van der Waals surface area contributed by atoms with Crippen LogP contribution in [0.15, 0.2) is 12.4 Å². The molecule has 0 radical (unpaired) electrons. The van der Waals surface area contributed by atoms with Crippen molar-refractivity contribution in [2.45, 2.75) is 46.0 Å². The minimum Gasteiger partial charge on any atom is -0.249 e. The van der Waals surface area contributed by atoms with Crippen molar-refractivity contribution in [1.29, 1.82) is 0 Å².